The van der Waals surface area contributed by atoms with Crippen LogP contribution in [0.15, 0.2) is 23.1 Å². The number of nitrogens with two attached hydrogens (primary N) is 1. The number of nitrogens with one attached hydrogen (secondary N) is 1. The van der Waals surface area contributed by atoms with Crippen molar-refractivity contribution in [2.24, 2.45) is 0 Å². The number of rotatable bonds is 1. The maximum absolute atomic E-state index is 10.4. The third-order valence-electron chi connectivity index (χ3n) is 1.68. The van der Waals surface area contributed by atoms with Crippen LogP contribution in [0.1, 0.15) is 0 Å². The van der Waals surface area contributed by atoms with Gasteiger partial charge >= 0.3 is 0 Å². The number of thioether (sulfide) groups is 1. The van der Waals surface area contributed by atoms with Gasteiger partial charge in [-0.15, -0.1) is 0 Å². The molecule has 0 aliphatic carbocycles. The summed E-state index contributed by atoms with van der Waals surface area (Å²) in [4.78, 5) is 11.5. The highest BCUT2D eigenvalue weighted by Gasteiger charge is 2.19. The van der Waals surface area contributed by atoms with E-state index in [4.69, 9.17) is 5.73 Å². The Balaban J connectivity index is 2.35. The third kappa shape index (κ3) is 1.14. The van der Waals surface area contributed by atoms with Gasteiger partial charge in [0.1, 0.15) is 5.37 Å². The van der Waals surface area contributed by atoms with Crippen LogP contribution in [0.4, 0.5) is 11.4 Å². The van der Waals surface area contributed by atoms with Gasteiger partial charge in [-0.1, -0.05) is 11.8 Å². The number of nitrogen functional groups attached to an aromatic ring is 1. The van der Waals surface area contributed by atoms with Crippen LogP contribution in [0.2, 0.25) is 0 Å². The van der Waals surface area contributed by atoms with E-state index in [-0.39, 0.29) is 5.37 Å². The Labute approximate surface area is 74.3 Å². The molecule has 1 atom stereocenters. The Morgan fingerprint density at radius 1 is 1.58 bits per heavy atom. The number of fused-ring (bicyclic) bond motifs is 1. The summed E-state index contributed by atoms with van der Waals surface area (Å²) in [6, 6.07) is 5.58. The van der Waals surface area contributed by atoms with Crippen molar-refractivity contribution >= 4 is 29.4 Å². The van der Waals surface area contributed by atoms with Crippen LogP contribution < -0.4 is 11.1 Å². The van der Waals surface area contributed by atoms with Crippen LogP contribution in [0, 0.1) is 0 Å². The van der Waals surface area contributed by atoms with Crippen LogP contribution in [-0.2, 0) is 4.79 Å². The molecule has 62 valence electrons. The first kappa shape index (κ1) is 7.49. The van der Waals surface area contributed by atoms with E-state index in [1.54, 1.807) is 0 Å². The van der Waals surface area contributed by atoms with Crippen molar-refractivity contribution in [3.63, 3.8) is 0 Å². The zero-order valence-corrected chi connectivity index (χ0v) is 7.10. The second-order valence-corrected chi connectivity index (χ2v) is 3.76. The van der Waals surface area contributed by atoms with Gasteiger partial charge in [-0.2, -0.15) is 0 Å². The van der Waals surface area contributed by atoms with E-state index in [1.807, 2.05) is 18.2 Å². The van der Waals surface area contributed by atoms with Gasteiger partial charge < -0.3 is 15.8 Å². The van der Waals surface area contributed by atoms with E-state index in [9.17, 15) is 4.79 Å². The second kappa shape index (κ2) is 2.71. The minimum absolute atomic E-state index is 0.151. The predicted octanol–water partition coefficient (Wildman–Crippen LogP) is 1.31. The molecule has 1 unspecified atom stereocenters. The molecule has 1 aliphatic heterocycles. The minimum atomic E-state index is -0.151. The summed E-state index contributed by atoms with van der Waals surface area (Å²) < 4.78 is 0. The molecule has 0 amide bonds. The van der Waals surface area contributed by atoms with Crippen molar-refractivity contribution in [1.29, 1.82) is 0 Å². The van der Waals surface area contributed by atoms with Gasteiger partial charge in [0.2, 0.25) is 0 Å². The van der Waals surface area contributed by atoms with Gasteiger partial charge in [0.05, 0.1) is 0 Å². The number of anilines is 2. The number of hydrogen-bond acceptors (Lipinski definition) is 4. The fourth-order valence-corrected chi connectivity index (χ4v) is 2.11. The SMILES string of the molecule is Nc1ccc2c(c1)SC(C=O)N2. The molecule has 0 aromatic heterocycles. The minimum Gasteiger partial charge on any atom is -0.399 e. The molecule has 4 heteroatoms. The molecular weight excluding hydrogens is 172 g/mol. The number of benzene rings is 1. The number of aldehydes is 1. The van der Waals surface area contributed by atoms with Crippen molar-refractivity contribution in [2.45, 2.75) is 10.3 Å². The molecule has 12 heavy (non-hydrogen) atoms. The Morgan fingerprint density at radius 3 is 3.17 bits per heavy atom. The number of carbonyl (C=O) groups is 1. The van der Waals surface area contributed by atoms with Gasteiger partial charge in [0.15, 0.2) is 6.29 Å². The Morgan fingerprint density at radius 2 is 2.42 bits per heavy atom. The normalized spacial score (nSPS) is 19.8. The summed E-state index contributed by atoms with van der Waals surface area (Å²) in [5.74, 6) is 0. The lowest BCUT2D eigenvalue weighted by Gasteiger charge is -1.99. The quantitative estimate of drug-likeness (QED) is 0.505. The molecular formula is C8H8N2OS. The maximum Gasteiger partial charge on any atom is 0.152 e. The first-order valence-corrected chi connectivity index (χ1v) is 4.45. The molecule has 1 heterocycles. The predicted molar refractivity (Wildman–Crippen MR) is 50.2 cm³/mol. The standard InChI is InChI=1S/C8H8N2OS/c9-5-1-2-6-7(3-5)12-8(4-11)10-6/h1-4,8,10H,9H2. The first-order chi connectivity index (χ1) is 5.79. The van der Waals surface area contributed by atoms with E-state index in [1.165, 1.54) is 11.8 Å². The average molecular weight is 180 g/mol. The lowest BCUT2D eigenvalue weighted by molar-refractivity contribution is -0.107. The molecule has 2 rings (SSSR count). The highest BCUT2D eigenvalue weighted by atomic mass is 32.2. The van der Waals surface area contributed by atoms with E-state index < -0.39 is 0 Å². The van der Waals surface area contributed by atoms with E-state index in [0.717, 1.165) is 22.6 Å². The molecule has 0 bridgehead atoms. The summed E-state index contributed by atoms with van der Waals surface area (Å²) in [6.45, 7) is 0. The average Bonchev–Trinajstić information content (AvgIpc) is 2.46. The topological polar surface area (TPSA) is 55.1 Å². The monoisotopic (exact) mass is 180 g/mol. The van der Waals surface area contributed by atoms with Crippen molar-refractivity contribution in [3.05, 3.63) is 18.2 Å². The second-order valence-electron chi connectivity index (χ2n) is 2.57. The van der Waals surface area contributed by atoms with Gasteiger partial charge in [-0.25, -0.2) is 0 Å². The Bertz CT molecular complexity index is 327. The lowest BCUT2D eigenvalue weighted by atomic mass is 10.3. The highest BCUT2D eigenvalue weighted by molar-refractivity contribution is 8.01. The summed E-state index contributed by atoms with van der Waals surface area (Å²) in [7, 11) is 0. The van der Waals surface area contributed by atoms with Gasteiger partial charge in [-0.05, 0) is 18.2 Å². The Hall–Kier alpha value is -1.16. The first-order valence-electron chi connectivity index (χ1n) is 3.57. The summed E-state index contributed by atoms with van der Waals surface area (Å²) >= 11 is 1.49. The van der Waals surface area contributed by atoms with Crippen molar-refractivity contribution in [3.8, 4) is 0 Å². The van der Waals surface area contributed by atoms with Crippen molar-refractivity contribution in [2.75, 3.05) is 11.1 Å². The lowest BCUT2D eigenvalue weighted by Crippen LogP contribution is -2.10. The largest absolute Gasteiger partial charge is 0.399 e. The summed E-state index contributed by atoms with van der Waals surface area (Å²) in [5.41, 5.74) is 7.31. The summed E-state index contributed by atoms with van der Waals surface area (Å²) in [6.07, 6.45) is 0.890. The van der Waals surface area contributed by atoms with E-state index in [2.05, 4.69) is 5.32 Å². The maximum atomic E-state index is 10.4. The zero-order valence-electron chi connectivity index (χ0n) is 6.28. The van der Waals surface area contributed by atoms with Gasteiger partial charge in [-0.3, -0.25) is 0 Å². The molecule has 0 saturated carbocycles. The number of carbonyl (C=O) groups excluding carboxylic acids is 1. The smallest absolute Gasteiger partial charge is 0.152 e. The molecule has 0 saturated heterocycles. The van der Waals surface area contributed by atoms with E-state index >= 15 is 0 Å². The third-order valence-corrected chi connectivity index (χ3v) is 2.76. The molecule has 0 fully saturated rings. The van der Waals surface area contributed by atoms with E-state index in [0.29, 0.717) is 0 Å². The van der Waals surface area contributed by atoms with Crippen LogP contribution in [0.25, 0.3) is 0 Å². The molecule has 1 aromatic carbocycles. The molecule has 1 aromatic rings. The zero-order chi connectivity index (χ0) is 8.55. The Kier molecular flexibility index (Phi) is 1.69. The van der Waals surface area contributed by atoms with Crippen LogP contribution in [-0.4, -0.2) is 11.7 Å². The van der Waals surface area contributed by atoms with Crippen LogP contribution in [0.3, 0.4) is 0 Å². The molecule has 3 nitrogen and oxygen atoms in total. The molecule has 1 aliphatic rings. The van der Waals surface area contributed by atoms with Gasteiger partial charge in [0.25, 0.3) is 0 Å². The number of hydrogen-bond donors (Lipinski definition) is 2. The molecule has 0 radical (unpaired) electrons. The molecule has 3 N–H and O–H groups in total. The van der Waals surface area contributed by atoms with Gasteiger partial charge in [0, 0.05) is 16.3 Å². The van der Waals surface area contributed by atoms with Crippen molar-refractivity contribution < 1.29 is 4.79 Å². The van der Waals surface area contributed by atoms with Crippen molar-refractivity contribution in [1.82, 2.24) is 0 Å². The van der Waals surface area contributed by atoms with Crippen LogP contribution >= 0.6 is 11.8 Å². The fourth-order valence-electron chi connectivity index (χ4n) is 1.14. The highest BCUT2D eigenvalue weighted by Crippen LogP contribution is 2.38. The van der Waals surface area contributed by atoms with Crippen LogP contribution in [0.5, 0.6) is 0 Å². The molecule has 0 spiro atoms. The summed E-state index contributed by atoms with van der Waals surface area (Å²) in [5, 5.41) is 2.90. The fraction of sp³-hybridized carbons (Fsp3) is 0.125.